The smallest absolute Gasteiger partial charge is 0.237 e. The molecule has 2 heterocycles. The summed E-state index contributed by atoms with van der Waals surface area (Å²) in [5.41, 5.74) is 0. The molecular formula is C17H26N2OS. The highest BCUT2D eigenvalue weighted by Crippen LogP contribution is 2.37. The Bertz CT molecular complexity index is 453. The lowest BCUT2D eigenvalue weighted by atomic mass is 9.91. The van der Waals surface area contributed by atoms with Crippen LogP contribution in [0.5, 0.6) is 0 Å². The lowest BCUT2D eigenvalue weighted by Gasteiger charge is -2.32. The van der Waals surface area contributed by atoms with E-state index in [9.17, 15) is 4.79 Å². The van der Waals surface area contributed by atoms with E-state index in [1.54, 1.807) is 11.3 Å². The quantitative estimate of drug-likeness (QED) is 0.894. The van der Waals surface area contributed by atoms with Gasteiger partial charge < -0.3 is 10.6 Å². The SMILES string of the molecule is CC1CCCNC1C(=O)NC(c1cccs1)C1CCCC1. The van der Waals surface area contributed by atoms with Gasteiger partial charge in [0.1, 0.15) is 0 Å². The fourth-order valence-corrected chi connectivity index (χ4v) is 4.69. The van der Waals surface area contributed by atoms with Crippen LogP contribution in [0.25, 0.3) is 0 Å². The van der Waals surface area contributed by atoms with Crippen molar-refractivity contribution in [1.29, 1.82) is 0 Å². The molecule has 0 spiro atoms. The van der Waals surface area contributed by atoms with Gasteiger partial charge in [-0.2, -0.15) is 0 Å². The summed E-state index contributed by atoms with van der Waals surface area (Å²) in [7, 11) is 0. The van der Waals surface area contributed by atoms with Gasteiger partial charge >= 0.3 is 0 Å². The number of rotatable bonds is 4. The molecule has 2 aliphatic rings. The van der Waals surface area contributed by atoms with E-state index in [-0.39, 0.29) is 18.0 Å². The van der Waals surface area contributed by atoms with Crippen molar-refractivity contribution in [3.8, 4) is 0 Å². The highest BCUT2D eigenvalue weighted by Gasteiger charge is 2.33. The van der Waals surface area contributed by atoms with Crippen LogP contribution in [0.2, 0.25) is 0 Å². The van der Waals surface area contributed by atoms with Crippen LogP contribution in [0, 0.1) is 11.8 Å². The highest BCUT2D eigenvalue weighted by atomic mass is 32.1. The molecule has 3 atom stereocenters. The van der Waals surface area contributed by atoms with E-state index in [0.717, 1.165) is 13.0 Å². The molecule has 21 heavy (non-hydrogen) atoms. The molecule has 3 nitrogen and oxygen atoms in total. The van der Waals surface area contributed by atoms with Gasteiger partial charge in [-0.05, 0) is 55.5 Å². The number of hydrogen-bond donors (Lipinski definition) is 2. The van der Waals surface area contributed by atoms with Crippen LogP contribution in [-0.2, 0) is 4.79 Å². The first-order chi connectivity index (χ1) is 10.3. The number of carbonyl (C=O) groups excluding carboxylic acids is 1. The van der Waals surface area contributed by atoms with Gasteiger partial charge in [0.15, 0.2) is 0 Å². The molecule has 116 valence electrons. The van der Waals surface area contributed by atoms with Crippen LogP contribution >= 0.6 is 11.3 Å². The molecule has 0 aromatic carbocycles. The lowest BCUT2D eigenvalue weighted by molar-refractivity contribution is -0.126. The molecule has 1 saturated carbocycles. The zero-order valence-corrected chi connectivity index (χ0v) is 13.6. The van der Waals surface area contributed by atoms with Gasteiger partial charge in [-0.1, -0.05) is 25.8 Å². The van der Waals surface area contributed by atoms with E-state index in [2.05, 4.69) is 35.1 Å². The van der Waals surface area contributed by atoms with Gasteiger partial charge in [0.25, 0.3) is 0 Å². The van der Waals surface area contributed by atoms with Crippen molar-refractivity contribution in [2.24, 2.45) is 11.8 Å². The molecule has 0 radical (unpaired) electrons. The molecule has 1 aromatic heterocycles. The Balaban J connectivity index is 1.70. The minimum atomic E-state index is -0.0115. The Labute approximate surface area is 131 Å². The van der Waals surface area contributed by atoms with Crippen molar-refractivity contribution >= 4 is 17.2 Å². The monoisotopic (exact) mass is 306 g/mol. The molecule has 1 saturated heterocycles. The van der Waals surface area contributed by atoms with Crippen molar-refractivity contribution in [1.82, 2.24) is 10.6 Å². The standard InChI is InChI=1S/C17H26N2OS/c1-12-6-4-10-18-15(12)17(20)19-16(13-7-2-3-8-13)14-9-5-11-21-14/h5,9,11-13,15-16,18H,2-4,6-8,10H2,1H3,(H,19,20). The van der Waals surface area contributed by atoms with E-state index in [0.29, 0.717) is 11.8 Å². The van der Waals surface area contributed by atoms with Crippen molar-refractivity contribution in [2.75, 3.05) is 6.54 Å². The average molecular weight is 306 g/mol. The number of carbonyl (C=O) groups is 1. The number of piperidine rings is 1. The first-order valence-electron chi connectivity index (χ1n) is 8.33. The van der Waals surface area contributed by atoms with E-state index >= 15 is 0 Å². The van der Waals surface area contributed by atoms with Gasteiger partial charge in [0.2, 0.25) is 5.91 Å². The molecule has 2 fully saturated rings. The van der Waals surface area contributed by atoms with E-state index in [1.807, 2.05) is 0 Å². The normalized spacial score (nSPS) is 28.4. The second-order valence-electron chi connectivity index (χ2n) is 6.60. The molecule has 1 aliphatic heterocycles. The number of thiophene rings is 1. The molecular weight excluding hydrogens is 280 g/mol. The predicted molar refractivity (Wildman–Crippen MR) is 87.3 cm³/mol. The maximum Gasteiger partial charge on any atom is 0.237 e. The van der Waals surface area contributed by atoms with Crippen LogP contribution in [0.1, 0.15) is 56.4 Å². The first kappa shape index (κ1) is 15.0. The fourth-order valence-electron chi connectivity index (χ4n) is 3.82. The van der Waals surface area contributed by atoms with Crippen LogP contribution < -0.4 is 10.6 Å². The molecule has 1 amide bonds. The van der Waals surface area contributed by atoms with Gasteiger partial charge in [-0.25, -0.2) is 0 Å². The topological polar surface area (TPSA) is 41.1 Å². The van der Waals surface area contributed by atoms with Gasteiger partial charge in [-0.15, -0.1) is 11.3 Å². The average Bonchev–Trinajstić information content (AvgIpc) is 3.18. The molecule has 1 aromatic rings. The number of amides is 1. The summed E-state index contributed by atoms with van der Waals surface area (Å²) < 4.78 is 0. The number of nitrogens with one attached hydrogen (secondary N) is 2. The van der Waals surface area contributed by atoms with Crippen molar-refractivity contribution < 1.29 is 4.79 Å². The van der Waals surface area contributed by atoms with E-state index in [4.69, 9.17) is 0 Å². The zero-order valence-electron chi connectivity index (χ0n) is 12.8. The van der Waals surface area contributed by atoms with Crippen LogP contribution in [-0.4, -0.2) is 18.5 Å². The van der Waals surface area contributed by atoms with Gasteiger partial charge in [-0.3, -0.25) is 4.79 Å². The minimum Gasteiger partial charge on any atom is -0.347 e. The molecule has 3 rings (SSSR count). The summed E-state index contributed by atoms with van der Waals surface area (Å²) >= 11 is 1.77. The summed E-state index contributed by atoms with van der Waals surface area (Å²) in [5.74, 6) is 1.25. The second-order valence-corrected chi connectivity index (χ2v) is 7.58. The Morgan fingerprint density at radius 1 is 1.33 bits per heavy atom. The highest BCUT2D eigenvalue weighted by molar-refractivity contribution is 7.10. The first-order valence-corrected chi connectivity index (χ1v) is 9.21. The Morgan fingerprint density at radius 3 is 2.81 bits per heavy atom. The molecule has 2 N–H and O–H groups in total. The van der Waals surface area contributed by atoms with Crippen molar-refractivity contribution in [3.05, 3.63) is 22.4 Å². The van der Waals surface area contributed by atoms with Crippen molar-refractivity contribution in [2.45, 2.75) is 57.5 Å². The number of hydrogen-bond acceptors (Lipinski definition) is 3. The molecule has 4 heteroatoms. The molecule has 3 unspecified atom stereocenters. The summed E-state index contributed by atoms with van der Waals surface area (Å²) in [4.78, 5) is 14.0. The maximum absolute atomic E-state index is 12.7. The van der Waals surface area contributed by atoms with Crippen LogP contribution in [0.4, 0.5) is 0 Å². The second kappa shape index (κ2) is 6.93. The third kappa shape index (κ3) is 3.49. The zero-order chi connectivity index (χ0) is 14.7. The largest absolute Gasteiger partial charge is 0.347 e. The third-order valence-electron chi connectivity index (χ3n) is 5.07. The maximum atomic E-state index is 12.7. The Morgan fingerprint density at radius 2 is 2.14 bits per heavy atom. The van der Waals surface area contributed by atoms with Crippen molar-refractivity contribution in [3.63, 3.8) is 0 Å². The third-order valence-corrected chi connectivity index (χ3v) is 6.03. The summed E-state index contributed by atoms with van der Waals surface area (Å²) in [6.07, 6.45) is 7.44. The van der Waals surface area contributed by atoms with E-state index in [1.165, 1.54) is 37.0 Å². The van der Waals surface area contributed by atoms with Gasteiger partial charge in [0.05, 0.1) is 12.1 Å². The van der Waals surface area contributed by atoms with Crippen LogP contribution in [0.15, 0.2) is 17.5 Å². The molecule has 0 bridgehead atoms. The molecule has 1 aliphatic carbocycles. The minimum absolute atomic E-state index is 0.0115. The fraction of sp³-hybridized carbons (Fsp3) is 0.706. The Hall–Kier alpha value is -0.870. The summed E-state index contributed by atoms with van der Waals surface area (Å²) in [5, 5.41) is 8.89. The van der Waals surface area contributed by atoms with Gasteiger partial charge in [0, 0.05) is 4.88 Å². The summed E-state index contributed by atoms with van der Waals surface area (Å²) in [6.45, 7) is 3.15. The Kier molecular flexibility index (Phi) is 4.96. The van der Waals surface area contributed by atoms with Crippen LogP contribution in [0.3, 0.4) is 0 Å². The van der Waals surface area contributed by atoms with E-state index < -0.39 is 0 Å². The lowest BCUT2D eigenvalue weighted by Crippen LogP contribution is -2.52. The predicted octanol–water partition coefficient (Wildman–Crippen LogP) is 3.48. The summed E-state index contributed by atoms with van der Waals surface area (Å²) in [6, 6.07) is 4.47.